The third-order valence-corrected chi connectivity index (χ3v) is 6.91. The SMILES string of the molecule is CCCCOc1cccc(C(=O)N(CCCN2CCOCC2)c2nc3ccc(OC)cc3s2)c1. The van der Waals surface area contributed by atoms with E-state index in [4.69, 9.17) is 19.2 Å². The standard InChI is InChI=1S/C26H33N3O4S/c1-3-4-15-33-22-8-5-7-20(18-22)25(30)29(12-6-11-28-13-16-32-17-14-28)26-27-23-10-9-21(31-2)19-24(23)34-26/h5,7-10,18-19H,3-4,6,11-17H2,1-2H3. The number of anilines is 1. The molecule has 3 aromatic rings. The Bertz CT molecular complexity index is 1080. The van der Waals surface area contributed by atoms with Gasteiger partial charge in [0.2, 0.25) is 0 Å². The highest BCUT2D eigenvalue weighted by atomic mass is 32.1. The molecule has 0 spiro atoms. The minimum Gasteiger partial charge on any atom is -0.497 e. The zero-order valence-corrected chi connectivity index (χ0v) is 20.8. The molecule has 182 valence electrons. The van der Waals surface area contributed by atoms with Crippen LogP contribution in [0.5, 0.6) is 11.5 Å². The number of benzene rings is 2. The van der Waals surface area contributed by atoms with Crippen molar-refractivity contribution in [2.45, 2.75) is 26.2 Å². The van der Waals surface area contributed by atoms with Crippen LogP contribution in [0.25, 0.3) is 10.2 Å². The normalized spacial score (nSPS) is 14.3. The summed E-state index contributed by atoms with van der Waals surface area (Å²) >= 11 is 1.51. The highest BCUT2D eigenvalue weighted by molar-refractivity contribution is 7.22. The summed E-state index contributed by atoms with van der Waals surface area (Å²) in [5.74, 6) is 1.44. The molecule has 2 heterocycles. The Hall–Kier alpha value is -2.68. The molecule has 1 aliphatic rings. The van der Waals surface area contributed by atoms with Crippen molar-refractivity contribution < 1.29 is 19.0 Å². The molecule has 0 unspecified atom stereocenters. The molecule has 0 atom stereocenters. The molecule has 1 aromatic heterocycles. The summed E-state index contributed by atoms with van der Waals surface area (Å²) in [7, 11) is 1.65. The van der Waals surface area contributed by atoms with Crippen molar-refractivity contribution in [3.05, 3.63) is 48.0 Å². The van der Waals surface area contributed by atoms with E-state index in [1.807, 2.05) is 47.4 Å². The van der Waals surface area contributed by atoms with Gasteiger partial charge in [-0.1, -0.05) is 30.7 Å². The van der Waals surface area contributed by atoms with Crippen molar-refractivity contribution >= 4 is 32.6 Å². The van der Waals surface area contributed by atoms with Crippen LogP contribution in [0.2, 0.25) is 0 Å². The average Bonchev–Trinajstić information content (AvgIpc) is 3.30. The van der Waals surface area contributed by atoms with Crippen molar-refractivity contribution in [2.24, 2.45) is 0 Å². The first-order chi connectivity index (χ1) is 16.7. The Balaban J connectivity index is 1.55. The van der Waals surface area contributed by atoms with Crippen LogP contribution < -0.4 is 14.4 Å². The molecule has 0 aliphatic carbocycles. The van der Waals surface area contributed by atoms with Gasteiger partial charge in [0.1, 0.15) is 11.5 Å². The summed E-state index contributed by atoms with van der Waals surface area (Å²) in [4.78, 5) is 22.7. The fourth-order valence-corrected chi connectivity index (χ4v) is 4.92. The van der Waals surface area contributed by atoms with Crippen LogP contribution in [0.1, 0.15) is 36.5 Å². The Morgan fingerprint density at radius 1 is 1.15 bits per heavy atom. The van der Waals surface area contributed by atoms with Crippen LogP contribution in [0, 0.1) is 0 Å². The fourth-order valence-electron chi connectivity index (χ4n) is 3.91. The van der Waals surface area contributed by atoms with Crippen LogP contribution in [0.3, 0.4) is 0 Å². The molecule has 0 radical (unpaired) electrons. The van der Waals surface area contributed by atoms with E-state index in [1.165, 1.54) is 11.3 Å². The van der Waals surface area contributed by atoms with Gasteiger partial charge in [-0.05, 0) is 49.2 Å². The molecule has 1 aliphatic heterocycles. The maximum atomic E-state index is 13.7. The molecule has 0 bridgehead atoms. The quantitative estimate of drug-likeness (QED) is 0.363. The predicted octanol–water partition coefficient (Wildman–Crippen LogP) is 4.85. The predicted molar refractivity (Wildman–Crippen MR) is 137 cm³/mol. The first-order valence-electron chi connectivity index (χ1n) is 12.0. The number of thiazole rings is 1. The maximum absolute atomic E-state index is 13.7. The van der Waals surface area contributed by atoms with Crippen molar-refractivity contribution in [1.29, 1.82) is 0 Å². The summed E-state index contributed by atoms with van der Waals surface area (Å²) in [6, 6.07) is 13.3. The molecule has 34 heavy (non-hydrogen) atoms. The number of nitrogens with zero attached hydrogens (tertiary/aromatic N) is 3. The van der Waals surface area contributed by atoms with E-state index in [9.17, 15) is 4.79 Å². The summed E-state index contributed by atoms with van der Waals surface area (Å²) in [5, 5.41) is 0.701. The van der Waals surface area contributed by atoms with E-state index in [2.05, 4.69) is 11.8 Å². The largest absolute Gasteiger partial charge is 0.497 e. The van der Waals surface area contributed by atoms with E-state index >= 15 is 0 Å². The second-order valence-electron chi connectivity index (χ2n) is 8.32. The van der Waals surface area contributed by atoms with Crippen LogP contribution in [0.15, 0.2) is 42.5 Å². The van der Waals surface area contributed by atoms with E-state index in [-0.39, 0.29) is 5.91 Å². The van der Waals surface area contributed by atoms with Gasteiger partial charge >= 0.3 is 0 Å². The lowest BCUT2D eigenvalue weighted by Gasteiger charge is -2.27. The van der Waals surface area contributed by atoms with Gasteiger partial charge in [-0.15, -0.1) is 0 Å². The first kappa shape index (κ1) is 24.4. The third kappa shape index (κ3) is 6.25. The Kier molecular flexibility index (Phi) is 8.73. The zero-order valence-electron chi connectivity index (χ0n) is 20.0. The molecule has 8 heteroatoms. The second-order valence-corrected chi connectivity index (χ2v) is 9.33. The lowest BCUT2D eigenvalue weighted by atomic mass is 10.2. The number of aromatic nitrogens is 1. The van der Waals surface area contributed by atoms with Gasteiger partial charge in [-0.2, -0.15) is 0 Å². The number of fused-ring (bicyclic) bond motifs is 1. The van der Waals surface area contributed by atoms with Gasteiger partial charge in [-0.25, -0.2) is 4.98 Å². The van der Waals surface area contributed by atoms with Crippen LogP contribution >= 0.6 is 11.3 Å². The number of rotatable bonds is 11. The zero-order chi connectivity index (χ0) is 23.8. The molecule has 4 rings (SSSR count). The van der Waals surface area contributed by atoms with Gasteiger partial charge in [0.05, 0.1) is 37.1 Å². The summed E-state index contributed by atoms with van der Waals surface area (Å²) in [6.45, 7) is 7.71. The lowest BCUT2D eigenvalue weighted by molar-refractivity contribution is 0.0376. The highest BCUT2D eigenvalue weighted by Crippen LogP contribution is 2.32. The van der Waals surface area contributed by atoms with Gasteiger partial charge in [0.25, 0.3) is 5.91 Å². The van der Waals surface area contributed by atoms with Crippen molar-refractivity contribution in [1.82, 2.24) is 9.88 Å². The van der Waals surface area contributed by atoms with Crippen LogP contribution in [-0.4, -0.2) is 68.9 Å². The lowest BCUT2D eigenvalue weighted by Crippen LogP contribution is -2.39. The molecule has 1 amide bonds. The molecule has 1 fully saturated rings. The number of ether oxygens (including phenoxy) is 3. The van der Waals surface area contributed by atoms with Gasteiger partial charge < -0.3 is 14.2 Å². The summed E-state index contributed by atoms with van der Waals surface area (Å²) in [5.41, 5.74) is 1.47. The molecule has 0 saturated carbocycles. The smallest absolute Gasteiger partial charge is 0.260 e. The van der Waals surface area contributed by atoms with Gasteiger partial charge in [-0.3, -0.25) is 14.6 Å². The Morgan fingerprint density at radius 3 is 2.79 bits per heavy atom. The number of amides is 1. The number of morpholine rings is 1. The van der Waals surface area contributed by atoms with Crippen molar-refractivity contribution in [2.75, 3.05) is 58.0 Å². The van der Waals surface area contributed by atoms with E-state index < -0.39 is 0 Å². The number of hydrogen-bond acceptors (Lipinski definition) is 7. The number of hydrogen-bond donors (Lipinski definition) is 0. The van der Waals surface area contributed by atoms with Gasteiger partial charge in [0, 0.05) is 31.7 Å². The number of carbonyl (C=O) groups excluding carboxylic acids is 1. The minimum absolute atomic E-state index is 0.0612. The maximum Gasteiger partial charge on any atom is 0.260 e. The van der Waals surface area contributed by atoms with Crippen molar-refractivity contribution in [3.63, 3.8) is 0 Å². The number of carbonyl (C=O) groups is 1. The highest BCUT2D eigenvalue weighted by Gasteiger charge is 2.22. The van der Waals surface area contributed by atoms with Gasteiger partial charge in [0.15, 0.2) is 5.13 Å². The third-order valence-electron chi connectivity index (χ3n) is 5.87. The van der Waals surface area contributed by atoms with Crippen LogP contribution in [-0.2, 0) is 4.74 Å². The molecule has 0 N–H and O–H groups in total. The number of methoxy groups -OCH3 is 1. The molecular formula is C26H33N3O4S. The second kappa shape index (κ2) is 12.1. The Labute approximate surface area is 205 Å². The fraction of sp³-hybridized carbons (Fsp3) is 0.462. The summed E-state index contributed by atoms with van der Waals surface area (Å²) in [6.07, 6.45) is 2.91. The monoisotopic (exact) mass is 483 g/mol. The molecule has 2 aromatic carbocycles. The van der Waals surface area contributed by atoms with E-state index in [1.54, 1.807) is 7.11 Å². The van der Waals surface area contributed by atoms with Crippen LogP contribution in [0.4, 0.5) is 5.13 Å². The minimum atomic E-state index is -0.0612. The molecular weight excluding hydrogens is 450 g/mol. The first-order valence-corrected chi connectivity index (χ1v) is 12.8. The van der Waals surface area contributed by atoms with E-state index in [0.29, 0.717) is 23.8 Å². The topological polar surface area (TPSA) is 64.1 Å². The summed E-state index contributed by atoms with van der Waals surface area (Å²) < 4.78 is 17.7. The molecule has 1 saturated heterocycles. The Morgan fingerprint density at radius 2 is 2.00 bits per heavy atom. The van der Waals surface area contributed by atoms with E-state index in [0.717, 1.165) is 73.8 Å². The number of unbranched alkanes of at least 4 members (excludes halogenated alkanes) is 1. The molecule has 7 nitrogen and oxygen atoms in total. The van der Waals surface area contributed by atoms with Crippen molar-refractivity contribution in [3.8, 4) is 11.5 Å². The average molecular weight is 484 g/mol.